The van der Waals surface area contributed by atoms with Gasteiger partial charge in [0.25, 0.3) is 0 Å². The minimum atomic E-state index is 1.04. The molecule has 2 aromatic rings. The Balaban J connectivity index is 1.99. The highest BCUT2D eigenvalue weighted by Gasteiger charge is 2.08. The third kappa shape index (κ3) is 5.27. The van der Waals surface area contributed by atoms with Gasteiger partial charge in [0.15, 0.2) is 0 Å². The molecule has 0 radical (unpaired) electrons. The van der Waals surface area contributed by atoms with Crippen molar-refractivity contribution in [3.63, 3.8) is 0 Å². The molecule has 1 heterocycles. The standard InChI is InChI=1S/C18H26N2S/c1-3-19-12-11-16-8-5-6-9-17(16)14-20(4-2)15-18-10-7-13-21-18/h5-10,13,19H,3-4,11-12,14-15H2,1-2H3. The van der Waals surface area contributed by atoms with E-state index in [0.717, 1.165) is 39.1 Å². The summed E-state index contributed by atoms with van der Waals surface area (Å²) < 4.78 is 0. The van der Waals surface area contributed by atoms with Gasteiger partial charge in [-0.25, -0.2) is 0 Å². The summed E-state index contributed by atoms with van der Waals surface area (Å²) in [7, 11) is 0. The molecule has 2 nitrogen and oxygen atoms in total. The van der Waals surface area contributed by atoms with Crippen molar-refractivity contribution in [2.75, 3.05) is 19.6 Å². The summed E-state index contributed by atoms with van der Waals surface area (Å²) in [5.74, 6) is 0. The normalized spacial score (nSPS) is 11.2. The molecular formula is C18H26N2S. The van der Waals surface area contributed by atoms with Crippen molar-refractivity contribution in [3.8, 4) is 0 Å². The predicted molar refractivity (Wildman–Crippen MR) is 92.8 cm³/mol. The van der Waals surface area contributed by atoms with Gasteiger partial charge in [-0.2, -0.15) is 0 Å². The van der Waals surface area contributed by atoms with Gasteiger partial charge in [0.05, 0.1) is 0 Å². The van der Waals surface area contributed by atoms with Crippen LogP contribution >= 0.6 is 11.3 Å². The Morgan fingerprint density at radius 2 is 1.81 bits per heavy atom. The fourth-order valence-electron chi connectivity index (χ4n) is 2.50. The van der Waals surface area contributed by atoms with Gasteiger partial charge in [-0.05, 0) is 48.6 Å². The van der Waals surface area contributed by atoms with Crippen molar-refractivity contribution in [3.05, 3.63) is 57.8 Å². The average Bonchev–Trinajstić information content (AvgIpc) is 3.01. The van der Waals surface area contributed by atoms with Crippen molar-refractivity contribution >= 4 is 11.3 Å². The first-order valence-electron chi connectivity index (χ1n) is 7.85. The number of thiophene rings is 1. The Morgan fingerprint density at radius 3 is 2.48 bits per heavy atom. The molecule has 0 aliphatic heterocycles. The molecule has 1 N–H and O–H groups in total. The van der Waals surface area contributed by atoms with E-state index in [1.54, 1.807) is 0 Å². The average molecular weight is 302 g/mol. The van der Waals surface area contributed by atoms with Crippen LogP contribution in [0.5, 0.6) is 0 Å². The van der Waals surface area contributed by atoms with Crippen LogP contribution in [-0.2, 0) is 19.5 Å². The molecule has 114 valence electrons. The lowest BCUT2D eigenvalue weighted by Gasteiger charge is -2.21. The molecule has 0 saturated heterocycles. The third-order valence-corrected chi connectivity index (χ3v) is 4.60. The summed E-state index contributed by atoms with van der Waals surface area (Å²) in [4.78, 5) is 3.96. The van der Waals surface area contributed by atoms with Gasteiger partial charge in [-0.3, -0.25) is 4.90 Å². The predicted octanol–water partition coefficient (Wildman–Crippen LogP) is 3.92. The zero-order valence-corrected chi connectivity index (χ0v) is 14.0. The highest BCUT2D eigenvalue weighted by atomic mass is 32.1. The van der Waals surface area contributed by atoms with E-state index in [0.29, 0.717) is 0 Å². The molecule has 2 rings (SSSR count). The molecule has 0 spiro atoms. The Labute approximate surface area is 132 Å². The third-order valence-electron chi connectivity index (χ3n) is 3.74. The maximum Gasteiger partial charge on any atom is 0.0331 e. The van der Waals surface area contributed by atoms with Gasteiger partial charge in [0.1, 0.15) is 0 Å². The number of nitrogens with one attached hydrogen (secondary N) is 1. The Morgan fingerprint density at radius 1 is 1.00 bits per heavy atom. The topological polar surface area (TPSA) is 15.3 Å². The summed E-state index contributed by atoms with van der Waals surface area (Å²) in [6, 6.07) is 13.2. The van der Waals surface area contributed by atoms with Crippen LogP contribution in [0.4, 0.5) is 0 Å². The largest absolute Gasteiger partial charge is 0.317 e. The number of likely N-dealkylation sites (N-methyl/N-ethyl adjacent to an activating group) is 1. The van der Waals surface area contributed by atoms with E-state index >= 15 is 0 Å². The van der Waals surface area contributed by atoms with Crippen LogP contribution < -0.4 is 5.32 Å². The maximum atomic E-state index is 3.42. The number of nitrogens with zero attached hydrogens (tertiary/aromatic N) is 1. The van der Waals surface area contributed by atoms with Crippen LogP contribution in [-0.4, -0.2) is 24.5 Å². The SMILES string of the molecule is CCNCCc1ccccc1CN(CC)Cc1cccs1. The summed E-state index contributed by atoms with van der Waals surface area (Å²) in [6.45, 7) is 9.68. The lowest BCUT2D eigenvalue weighted by Crippen LogP contribution is -2.23. The summed E-state index contributed by atoms with van der Waals surface area (Å²) in [5, 5.41) is 5.58. The number of benzene rings is 1. The molecule has 1 aromatic carbocycles. The van der Waals surface area contributed by atoms with Gasteiger partial charge >= 0.3 is 0 Å². The highest BCUT2D eigenvalue weighted by Crippen LogP contribution is 2.16. The van der Waals surface area contributed by atoms with Crippen LogP contribution in [0, 0.1) is 0 Å². The number of hydrogen-bond acceptors (Lipinski definition) is 3. The zero-order valence-electron chi connectivity index (χ0n) is 13.1. The molecule has 0 saturated carbocycles. The lowest BCUT2D eigenvalue weighted by atomic mass is 10.0. The highest BCUT2D eigenvalue weighted by molar-refractivity contribution is 7.09. The quantitative estimate of drug-likeness (QED) is 0.706. The molecule has 0 amide bonds. The zero-order chi connectivity index (χ0) is 14.9. The fourth-order valence-corrected chi connectivity index (χ4v) is 3.24. The Bertz CT molecular complexity index is 508. The summed E-state index contributed by atoms with van der Waals surface area (Å²) >= 11 is 1.85. The maximum absolute atomic E-state index is 3.42. The van der Waals surface area contributed by atoms with Gasteiger partial charge in [-0.1, -0.05) is 44.2 Å². The van der Waals surface area contributed by atoms with Crippen molar-refractivity contribution < 1.29 is 0 Å². The van der Waals surface area contributed by atoms with Crippen molar-refractivity contribution in [2.45, 2.75) is 33.4 Å². The van der Waals surface area contributed by atoms with Gasteiger partial charge < -0.3 is 5.32 Å². The van der Waals surface area contributed by atoms with Crippen molar-refractivity contribution in [1.82, 2.24) is 10.2 Å². The second kappa shape index (κ2) is 8.98. The molecule has 1 aromatic heterocycles. The molecule has 0 bridgehead atoms. The molecular weight excluding hydrogens is 276 g/mol. The first-order chi connectivity index (χ1) is 10.3. The van der Waals surface area contributed by atoms with Gasteiger partial charge in [0.2, 0.25) is 0 Å². The molecule has 0 aliphatic rings. The smallest absolute Gasteiger partial charge is 0.0331 e. The van der Waals surface area contributed by atoms with E-state index in [9.17, 15) is 0 Å². The van der Waals surface area contributed by atoms with E-state index < -0.39 is 0 Å². The van der Waals surface area contributed by atoms with E-state index in [-0.39, 0.29) is 0 Å². The molecule has 0 fully saturated rings. The fraction of sp³-hybridized carbons (Fsp3) is 0.444. The molecule has 0 atom stereocenters. The molecule has 0 aliphatic carbocycles. The molecule has 0 unspecified atom stereocenters. The van der Waals surface area contributed by atoms with E-state index in [2.05, 4.69) is 65.8 Å². The number of rotatable bonds is 9. The summed E-state index contributed by atoms with van der Waals surface area (Å²) in [5.41, 5.74) is 2.94. The van der Waals surface area contributed by atoms with Crippen LogP contribution in [0.1, 0.15) is 29.9 Å². The van der Waals surface area contributed by atoms with Crippen LogP contribution in [0.2, 0.25) is 0 Å². The lowest BCUT2D eigenvalue weighted by molar-refractivity contribution is 0.273. The van der Waals surface area contributed by atoms with Crippen LogP contribution in [0.3, 0.4) is 0 Å². The first-order valence-corrected chi connectivity index (χ1v) is 8.73. The number of hydrogen-bond donors (Lipinski definition) is 1. The minimum absolute atomic E-state index is 1.04. The van der Waals surface area contributed by atoms with Gasteiger partial charge in [-0.15, -0.1) is 11.3 Å². The Kier molecular flexibility index (Phi) is 6.93. The van der Waals surface area contributed by atoms with Crippen LogP contribution in [0.25, 0.3) is 0 Å². The van der Waals surface area contributed by atoms with E-state index in [4.69, 9.17) is 0 Å². The second-order valence-corrected chi connectivity index (χ2v) is 6.29. The van der Waals surface area contributed by atoms with Crippen molar-refractivity contribution in [1.29, 1.82) is 0 Å². The van der Waals surface area contributed by atoms with Crippen LogP contribution in [0.15, 0.2) is 41.8 Å². The molecule has 21 heavy (non-hydrogen) atoms. The molecule has 3 heteroatoms. The minimum Gasteiger partial charge on any atom is -0.317 e. The first kappa shape index (κ1) is 16.2. The monoisotopic (exact) mass is 302 g/mol. The summed E-state index contributed by atoms with van der Waals surface area (Å²) in [6.07, 6.45) is 1.11. The van der Waals surface area contributed by atoms with E-state index in [1.807, 2.05) is 11.3 Å². The Hall–Kier alpha value is -1.16. The van der Waals surface area contributed by atoms with Crippen molar-refractivity contribution in [2.24, 2.45) is 0 Å². The van der Waals surface area contributed by atoms with E-state index in [1.165, 1.54) is 16.0 Å². The second-order valence-electron chi connectivity index (χ2n) is 5.25. The van der Waals surface area contributed by atoms with Gasteiger partial charge in [0, 0.05) is 18.0 Å².